The summed E-state index contributed by atoms with van der Waals surface area (Å²) in [6.07, 6.45) is 1.19. The zero-order chi connectivity index (χ0) is 14.3. The molecule has 0 saturated heterocycles. The molecule has 0 spiro atoms. The summed E-state index contributed by atoms with van der Waals surface area (Å²) in [5.41, 5.74) is 2.08. The van der Waals surface area contributed by atoms with Crippen molar-refractivity contribution in [2.75, 3.05) is 13.2 Å². The predicted octanol–water partition coefficient (Wildman–Crippen LogP) is 2.61. The van der Waals surface area contributed by atoms with Crippen molar-refractivity contribution >= 4 is 5.97 Å². The monoisotopic (exact) mass is 267 g/mol. The summed E-state index contributed by atoms with van der Waals surface area (Å²) < 4.78 is 17.8. The first-order chi connectivity index (χ1) is 9.02. The molecule has 0 heterocycles. The summed E-state index contributed by atoms with van der Waals surface area (Å²) in [5, 5.41) is 3.27. The molecule has 1 N–H and O–H groups in total. The molecule has 106 valence electrons. The maximum absolute atomic E-state index is 12.9. The van der Waals surface area contributed by atoms with Crippen LogP contribution in [0.5, 0.6) is 0 Å². The van der Waals surface area contributed by atoms with Gasteiger partial charge in [-0.1, -0.05) is 6.07 Å². The van der Waals surface area contributed by atoms with E-state index in [0.717, 1.165) is 24.1 Å². The molecule has 0 fully saturated rings. The van der Waals surface area contributed by atoms with E-state index in [9.17, 15) is 9.18 Å². The van der Waals surface area contributed by atoms with Crippen LogP contribution in [0.15, 0.2) is 18.2 Å². The summed E-state index contributed by atoms with van der Waals surface area (Å²) in [6, 6.07) is 4.91. The van der Waals surface area contributed by atoms with Gasteiger partial charge in [0.05, 0.1) is 13.0 Å². The average Bonchev–Trinajstić information content (AvgIpc) is 2.32. The number of hydrogen-bond donors (Lipinski definition) is 1. The van der Waals surface area contributed by atoms with Crippen LogP contribution < -0.4 is 5.32 Å². The quantitative estimate of drug-likeness (QED) is 0.772. The number of carbonyl (C=O) groups is 1. The van der Waals surface area contributed by atoms with Gasteiger partial charge < -0.3 is 10.1 Å². The Labute approximate surface area is 114 Å². The highest BCUT2D eigenvalue weighted by atomic mass is 19.1. The minimum atomic E-state index is -0.204. The Morgan fingerprint density at radius 3 is 2.84 bits per heavy atom. The predicted molar refractivity (Wildman–Crippen MR) is 73.6 cm³/mol. The van der Waals surface area contributed by atoms with Gasteiger partial charge in [-0.15, -0.1) is 0 Å². The molecule has 1 atom stereocenters. The summed E-state index contributed by atoms with van der Waals surface area (Å²) in [5.74, 6) is -0.384. The molecule has 1 aromatic rings. The average molecular weight is 267 g/mol. The zero-order valence-electron chi connectivity index (χ0n) is 11.8. The Balaban J connectivity index is 2.31. The fraction of sp³-hybridized carbons (Fsp3) is 0.533. The summed E-state index contributed by atoms with van der Waals surface area (Å²) in [4.78, 5) is 11.3. The van der Waals surface area contributed by atoms with Crippen molar-refractivity contribution < 1.29 is 13.9 Å². The van der Waals surface area contributed by atoms with E-state index in [1.54, 1.807) is 6.92 Å². The number of ether oxygens (including phenoxy) is 1. The van der Waals surface area contributed by atoms with Gasteiger partial charge in [0.2, 0.25) is 0 Å². The maximum atomic E-state index is 12.9. The van der Waals surface area contributed by atoms with Crippen molar-refractivity contribution in [3.8, 4) is 0 Å². The van der Waals surface area contributed by atoms with E-state index in [-0.39, 0.29) is 17.8 Å². The Bertz CT molecular complexity index is 421. The van der Waals surface area contributed by atoms with Gasteiger partial charge in [0.1, 0.15) is 5.82 Å². The van der Waals surface area contributed by atoms with Crippen LogP contribution in [0, 0.1) is 12.7 Å². The molecule has 0 aliphatic rings. The first-order valence-electron chi connectivity index (χ1n) is 6.67. The second-order valence-corrected chi connectivity index (χ2v) is 4.69. The molecule has 1 rings (SSSR count). The molecule has 19 heavy (non-hydrogen) atoms. The fourth-order valence-electron chi connectivity index (χ4n) is 1.94. The Morgan fingerprint density at radius 1 is 1.47 bits per heavy atom. The zero-order valence-corrected chi connectivity index (χ0v) is 11.8. The van der Waals surface area contributed by atoms with Crippen LogP contribution in [-0.4, -0.2) is 25.2 Å². The molecule has 0 radical (unpaired) electrons. The van der Waals surface area contributed by atoms with E-state index in [1.807, 2.05) is 19.9 Å². The lowest BCUT2D eigenvalue weighted by atomic mass is 10.1. The van der Waals surface area contributed by atoms with Crippen molar-refractivity contribution in [1.29, 1.82) is 0 Å². The van der Waals surface area contributed by atoms with Gasteiger partial charge in [0.15, 0.2) is 0 Å². The van der Waals surface area contributed by atoms with Crippen molar-refractivity contribution in [2.45, 2.75) is 39.7 Å². The van der Waals surface area contributed by atoms with Gasteiger partial charge in [-0.2, -0.15) is 0 Å². The highest BCUT2D eigenvalue weighted by molar-refractivity contribution is 5.69. The lowest BCUT2D eigenvalue weighted by Gasteiger charge is -2.13. The Kier molecular flexibility index (Phi) is 6.50. The molecule has 0 aliphatic carbocycles. The number of nitrogens with one attached hydrogen (secondary N) is 1. The van der Waals surface area contributed by atoms with Crippen LogP contribution in [0.2, 0.25) is 0 Å². The lowest BCUT2D eigenvalue weighted by molar-refractivity contribution is -0.143. The summed E-state index contributed by atoms with van der Waals surface area (Å²) in [7, 11) is 0. The van der Waals surface area contributed by atoms with E-state index < -0.39 is 0 Å². The van der Waals surface area contributed by atoms with Crippen LogP contribution in [0.4, 0.5) is 4.39 Å². The van der Waals surface area contributed by atoms with Gasteiger partial charge in [0, 0.05) is 6.04 Å². The minimum absolute atomic E-state index is 0.0832. The molecule has 3 nitrogen and oxygen atoms in total. The topological polar surface area (TPSA) is 38.3 Å². The Morgan fingerprint density at radius 2 is 2.21 bits per heavy atom. The summed E-state index contributed by atoms with van der Waals surface area (Å²) >= 11 is 0. The van der Waals surface area contributed by atoms with Crippen LogP contribution in [0.3, 0.4) is 0 Å². The van der Waals surface area contributed by atoms with Gasteiger partial charge in [-0.3, -0.25) is 4.79 Å². The highest BCUT2D eigenvalue weighted by Gasteiger charge is 2.09. The third kappa shape index (κ3) is 5.83. The fourth-order valence-corrected chi connectivity index (χ4v) is 1.94. The lowest BCUT2D eigenvalue weighted by Crippen LogP contribution is -2.31. The number of aryl methyl sites for hydroxylation is 1. The maximum Gasteiger partial charge on any atom is 0.307 e. The molecule has 0 aliphatic heterocycles. The van der Waals surface area contributed by atoms with Crippen LogP contribution in [-0.2, 0) is 16.0 Å². The van der Waals surface area contributed by atoms with Crippen molar-refractivity contribution in [1.82, 2.24) is 5.32 Å². The highest BCUT2D eigenvalue weighted by Crippen LogP contribution is 2.10. The number of carbonyl (C=O) groups excluding carboxylic acids is 1. The molecule has 1 unspecified atom stereocenters. The van der Waals surface area contributed by atoms with E-state index >= 15 is 0 Å². The molecule has 0 saturated carbocycles. The number of esters is 1. The van der Waals surface area contributed by atoms with Gasteiger partial charge >= 0.3 is 5.97 Å². The molecule has 4 heteroatoms. The molecule has 1 aromatic carbocycles. The standard InChI is InChI=1S/C15H22FNO2/c1-4-19-15(18)10-12(3)17-8-7-13-5-6-14(16)9-11(13)2/h5-6,9,12,17H,4,7-8,10H2,1-3H3. The molecule has 0 bridgehead atoms. The van der Waals surface area contributed by atoms with E-state index in [2.05, 4.69) is 5.32 Å². The van der Waals surface area contributed by atoms with Crippen molar-refractivity contribution in [2.24, 2.45) is 0 Å². The normalized spacial score (nSPS) is 12.2. The molecular formula is C15H22FNO2. The third-order valence-electron chi connectivity index (χ3n) is 2.97. The number of rotatable bonds is 7. The van der Waals surface area contributed by atoms with Gasteiger partial charge in [-0.05, 0) is 57.0 Å². The number of halogens is 1. The SMILES string of the molecule is CCOC(=O)CC(C)NCCc1ccc(F)cc1C. The first-order valence-corrected chi connectivity index (χ1v) is 6.67. The molecule has 0 amide bonds. The van der Waals surface area contributed by atoms with Crippen LogP contribution >= 0.6 is 0 Å². The third-order valence-corrected chi connectivity index (χ3v) is 2.97. The second-order valence-electron chi connectivity index (χ2n) is 4.69. The largest absolute Gasteiger partial charge is 0.466 e. The molecular weight excluding hydrogens is 245 g/mol. The minimum Gasteiger partial charge on any atom is -0.466 e. The van der Waals surface area contributed by atoms with E-state index in [0.29, 0.717) is 13.0 Å². The molecule has 0 aromatic heterocycles. The van der Waals surface area contributed by atoms with Crippen molar-refractivity contribution in [3.05, 3.63) is 35.1 Å². The number of benzene rings is 1. The van der Waals surface area contributed by atoms with Gasteiger partial charge in [0.25, 0.3) is 0 Å². The second kappa shape index (κ2) is 7.89. The first kappa shape index (κ1) is 15.6. The van der Waals surface area contributed by atoms with Gasteiger partial charge in [-0.25, -0.2) is 4.39 Å². The Hall–Kier alpha value is -1.42. The summed E-state index contributed by atoms with van der Waals surface area (Å²) in [6.45, 7) is 6.83. The van der Waals surface area contributed by atoms with Crippen LogP contribution in [0.1, 0.15) is 31.4 Å². The number of hydrogen-bond acceptors (Lipinski definition) is 3. The van der Waals surface area contributed by atoms with E-state index in [4.69, 9.17) is 4.74 Å². The smallest absolute Gasteiger partial charge is 0.307 e. The van der Waals surface area contributed by atoms with Crippen LogP contribution in [0.25, 0.3) is 0 Å². The van der Waals surface area contributed by atoms with Crippen molar-refractivity contribution in [3.63, 3.8) is 0 Å². The van der Waals surface area contributed by atoms with E-state index in [1.165, 1.54) is 12.1 Å².